The van der Waals surface area contributed by atoms with E-state index in [0.717, 1.165) is 36.0 Å². The lowest BCUT2D eigenvalue weighted by atomic mass is 10.1. The highest BCUT2D eigenvalue weighted by Crippen LogP contribution is 2.28. The molecule has 0 amide bonds. The van der Waals surface area contributed by atoms with Crippen LogP contribution in [0.1, 0.15) is 10.6 Å². The number of hydrogen-bond donors (Lipinski definition) is 1. The van der Waals surface area contributed by atoms with E-state index in [2.05, 4.69) is 33.2 Å². The zero-order valence-electron chi connectivity index (χ0n) is 13.7. The van der Waals surface area contributed by atoms with Gasteiger partial charge in [-0.3, -0.25) is 0 Å². The smallest absolute Gasteiger partial charge is 0.160 e. The van der Waals surface area contributed by atoms with E-state index in [9.17, 15) is 0 Å². The van der Waals surface area contributed by atoms with E-state index < -0.39 is 0 Å². The van der Waals surface area contributed by atoms with E-state index in [1.807, 2.05) is 18.3 Å². The molecule has 126 valence electrons. The number of hydrogen-bond acceptors (Lipinski definition) is 6. The van der Waals surface area contributed by atoms with Gasteiger partial charge in [0, 0.05) is 18.3 Å². The van der Waals surface area contributed by atoms with Crippen molar-refractivity contribution in [3.05, 3.63) is 51.8 Å². The molecule has 3 rings (SSSR count). The molecule has 0 aliphatic rings. The molecular weight excluding hydrogens is 340 g/mol. The van der Waals surface area contributed by atoms with Crippen molar-refractivity contribution in [3.63, 3.8) is 0 Å². The Kier molecular flexibility index (Phi) is 5.85. The maximum absolute atomic E-state index is 5.34. The maximum atomic E-state index is 5.34. The SMILES string of the molecule is COc1ccc(CCNCc2ncc(-c3ccsc3)s2)cc1OC. The molecule has 0 unspecified atom stereocenters. The van der Waals surface area contributed by atoms with Gasteiger partial charge in [-0.1, -0.05) is 6.07 Å². The van der Waals surface area contributed by atoms with Crippen molar-refractivity contribution in [1.82, 2.24) is 10.3 Å². The molecule has 2 aromatic heterocycles. The van der Waals surface area contributed by atoms with E-state index in [4.69, 9.17) is 9.47 Å². The number of ether oxygens (including phenoxy) is 2. The molecular formula is C18H20N2O2S2. The molecule has 4 nitrogen and oxygen atoms in total. The Morgan fingerprint density at radius 1 is 1.12 bits per heavy atom. The van der Waals surface area contributed by atoms with Crippen molar-refractivity contribution in [3.8, 4) is 21.9 Å². The number of aromatic nitrogens is 1. The standard InChI is InChI=1S/C18H20N2O2S2/c1-21-15-4-3-13(9-16(15)22-2)5-7-19-11-18-20-10-17(24-18)14-6-8-23-12-14/h3-4,6,8-10,12,19H,5,7,11H2,1-2H3. The molecule has 0 atom stereocenters. The minimum atomic E-state index is 0.762. The molecule has 0 fully saturated rings. The normalized spacial score (nSPS) is 10.8. The maximum Gasteiger partial charge on any atom is 0.160 e. The number of nitrogens with zero attached hydrogens (tertiary/aromatic N) is 1. The van der Waals surface area contributed by atoms with Crippen LogP contribution in [-0.2, 0) is 13.0 Å². The van der Waals surface area contributed by atoms with Gasteiger partial charge in [-0.05, 0) is 47.5 Å². The van der Waals surface area contributed by atoms with Crippen LogP contribution in [0.25, 0.3) is 10.4 Å². The van der Waals surface area contributed by atoms with Gasteiger partial charge in [0.15, 0.2) is 11.5 Å². The fourth-order valence-electron chi connectivity index (χ4n) is 2.39. The van der Waals surface area contributed by atoms with Crippen molar-refractivity contribution in [2.45, 2.75) is 13.0 Å². The van der Waals surface area contributed by atoms with Gasteiger partial charge in [-0.25, -0.2) is 4.98 Å². The summed E-state index contributed by atoms with van der Waals surface area (Å²) < 4.78 is 10.6. The second-order valence-corrected chi connectivity index (χ2v) is 7.14. The highest BCUT2D eigenvalue weighted by atomic mass is 32.1. The van der Waals surface area contributed by atoms with Crippen molar-refractivity contribution in [2.75, 3.05) is 20.8 Å². The topological polar surface area (TPSA) is 43.4 Å². The Bertz CT molecular complexity index is 769. The first-order valence-corrected chi connectivity index (χ1v) is 9.45. The van der Waals surface area contributed by atoms with Gasteiger partial charge in [0.1, 0.15) is 5.01 Å². The highest BCUT2D eigenvalue weighted by molar-refractivity contribution is 7.15. The van der Waals surface area contributed by atoms with Crippen LogP contribution < -0.4 is 14.8 Å². The first-order chi connectivity index (χ1) is 11.8. The third-order valence-corrected chi connectivity index (χ3v) is 5.40. The lowest BCUT2D eigenvalue weighted by molar-refractivity contribution is 0.354. The number of benzene rings is 1. The van der Waals surface area contributed by atoms with Gasteiger partial charge < -0.3 is 14.8 Å². The molecule has 0 bridgehead atoms. The zero-order chi connectivity index (χ0) is 16.8. The Balaban J connectivity index is 1.49. The quantitative estimate of drug-likeness (QED) is 0.611. The molecule has 0 aliphatic carbocycles. The van der Waals surface area contributed by atoms with Crippen LogP contribution in [0, 0.1) is 0 Å². The lowest BCUT2D eigenvalue weighted by Gasteiger charge is -2.09. The largest absolute Gasteiger partial charge is 0.493 e. The second kappa shape index (κ2) is 8.28. The summed E-state index contributed by atoms with van der Waals surface area (Å²) in [6.45, 7) is 1.69. The third kappa shape index (κ3) is 4.14. The minimum absolute atomic E-state index is 0.762. The summed E-state index contributed by atoms with van der Waals surface area (Å²) in [5, 5.41) is 8.82. The van der Waals surface area contributed by atoms with Crippen molar-refractivity contribution in [2.24, 2.45) is 0 Å². The van der Waals surface area contributed by atoms with Crippen LogP contribution in [0.5, 0.6) is 11.5 Å². The van der Waals surface area contributed by atoms with Gasteiger partial charge in [-0.15, -0.1) is 11.3 Å². The Morgan fingerprint density at radius 3 is 2.75 bits per heavy atom. The number of thiophene rings is 1. The van der Waals surface area contributed by atoms with E-state index in [0.29, 0.717) is 0 Å². The summed E-state index contributed by atoms with van der Waals surface area (Å²) in [4.78, 5) is 5.72. The van der Waals surface area contributed by atoms with E-state index in [1.165, 1.54) is 16.0 Å². The van der Waals surface area contributed by atoms with Gasteiger partial charge in [0.05, 0.1) is 19.1 Å². The number of rotatable bonds is 8. The molecule has 1 N–H and O–H groups in total. The summed E-state index contributed by atoms with van der Waals surface area (Å²) >= 11 is 3.46. The van der Waals surface area contributed by atoms with Crippen LogP contribution in [0.4, 0.5) is 0 Å². The molecule has 0 aliphatic heterocycles. The summed E-state index contributed by atoms with van der Waals surface area (Å²) in [5.41, 5.74) is 2.48. The molecule has 24 heavy (non-hydrogen) atoms. The van der Waals surface area contributed by atoms with E-state index in [-0.39, 0.29) is 0 Å². The van der Waals surface area contributed by atoms with Gasteiger partial charge in [0.25, 0.3) is 0 Å². The van der Waals surface area contributed by atoms with Gasteiger partial charge >= 0.3 is 0 Å². The van der Waals surface area contributed by atoms with Crippen molar-refractivity contribution in [1.29, 1.82) is 0 Å². The number of thiazole rings is 1. The Morgan fingerprint density at radius 2 is 2.00 bits per heavy atom. The fourth-order valence-corrected chi connectivity index (χ4v) is 4.01. The first kappa shape index (κ1) is 17.0. The number of methoxy groups -OCH3 is 2. The molecule has 2 heterocycles. The molecule has 0 spiro atoms. The van der Waals surface area contributed by atoms with Crippen LogP contribution in [0.15, 0.2) is 41.2 Å². The summed E-state index contributed by atoms with van der Waals surface area (Å²) in [7, 11) is 3.31. The molecule has 0 radical (unpaired) electrons. The van der Waals surface area contributed by atoms with Crippen LogP contribution in [-0.4, -0.2) is 25.7 Å². The summed E-state index contributed by atoms with van der Waals surface area (Å²) in [6.07, 6.45) is 2.89. The average molecular weight is 361 g/mol. The van der Waals surface area contributed by atoms with E-state index >= 15 is 0 Å². The highest BCUT2D eigenvalue weighted by Gasteiger charge is 2.06. The summed E-state index contributed by atoms with van der Waals surface area (Å²) in [5.74, 6) is 1.54. The average Bonchev–Trinajstić information content (AvgIpc) is 3.29. The fraction of sp³-hybridized carbons (Fsp3) is 0.278. The zero-order valence-corrected chi connectivity index (χ0v) is 15.4. The lowest BCUT2D eigenvalue weighted by Crippen LogP contribution is -2.16. The molecule has 3 aromatic rings. The predicted octanol–water partition coefficient (Wildman–Crippen LogP) is 4.22. The monoisotopic (exact) mass is 360 g/mol. The minimum Gasteiger partial charge on any atom is -0.493 e. The Labute approximate surface area is 150 Å². The van der Waals surface area contributed by atoms with Crippen LogP contribution >= 0.6 is 22.7 Å². The van der Waals surface area contributed by atoms with Crippen molar-refractivity contribution < 1.29 is 9.47 Å². The van der Waals surface area contributed by atoms with Crippen molar-refractivity contribution >= 4 is 22.7 Å². The molecule has 0 saturated heterocycles. The number of nitrogens with one attached hydrogen (secondary N) is 1. The van der Waals surface area contributed by atoms with Gasteiger partial charge in [-0.2, -0.15) is 11.3 Å². The van der Waals surface area contributed by atoms with Crippen LogP contribution in [0.2, 0.25) is 0 Å². The molecule has 0 saturated carbocycles. The second-order valence-electron chi connectivity index (χ2n) is 5.25. The molecule has 6 heteroatoms. The predicted molar refractivity (Wildman–Crippen MR) is 100 cm³/mol. The summed E-state index contributed by atoms with van der Waals surface area (Å²) in [6, 6.07) is 8.17. The van der Waals surface area contributed by atoms with E-state index in [1.54, 1.807) is 36.9 Å². The van der Waals surface area contributed by atoms with Crippen LogP contribution in [0.3, 0.4) is 0 Å². The van der Waals surface area contributed by atoms with Gasteiger partial charge in [0.2, 0.25) is 0 Å². The first-order valence-electron chi connectivity index (χ1n) is 7.69. The third-order valence-electron chi connectivity index (χ3n) is 3.67. The molecule has 1 aromatic carbocycles. The Hall–Kier alpha value is -1.89.